The van der Waals surface area contributed by atoms with E-state index >= 15 is 0 Å². The Bertz CT molecular complexity index is 816. The Hall–Kier alpha value is -1.23. The molecule has 0 atom stereocenters. The fourth-order valence-corrected chi connectivity index (χ4v) is 4.65. The lowest BCUT2D eigenvalue weighted by atomic mass is 10.1. The minimum Gasteiger partial charge on any atom is -0.357 e. The summed E-state index contributed by atoms with van der Waals surface area (Å²) < 4.78 is 0. The van der Waals surface area contributed by atoms with Crippen molar-refractivity contribution < 1.29 is 0 Å². The highest BCUT2D eigenvalue weighted by Crippen LogP contribution is 2.16. The molecule has 1 aliphatic heterocycles. The first-order valence-corrected chi connectivity index (χ1v) is 12.3. The summed E-state index contributed by atoms with van der Waals surface area (Å²) in [6.07, 6.45) is 2.18. The number of nitrogens with one attached hydrogen (secondary N) is 2. The van der Waals surface area contributed by atoms with Gasteiger partial charge in [0.05, 0.1) is 17.2 Å². The monoisotopic (exact) mass is 570 g/mol. The lowest BCUT2D eigenvalue weighted by Crippen LogP contribution is -2.38. The Morgan fingerprint density at radius 2 is 1.81 bits per heavy atom. The second-order valence-corrected chi connectivity index (χ2v) is 9.66. The third-order valence-corrected chi connectivity index (χ3v) is 6.84. The maximum Gasteiger partial charge on any atom is 0.191 e. The van der Waals surface area contributed by atoms with Crippen molar-refractivity contribution in [2.75, 3.05) is 46.3 Å². The second kappa shape index (κ2) is 14.1. The average Bonchev–Trinajstić information content (AvgIpc) is 2.94. The van der Waals surface area contributed by atoms with Gasteiger partial charge in [0.1, 0.15) is 0 Å². The highest BCUT2D eigenvalue weighted by molar-refractivity contribution is 14.0. The van der Waals surface area contributed by atoms with Crippen molar-refractivity contribution >= 4 is 41.3 Å². The number of rotatable bonds is 8. The molecule has 1 aromatic carbocycles. The molecule has 3 rings (SSSR count). The molecule has 1 fully saturated rings. The van der Waals surface area contributed by atoms with Gasteiger partial charge in [0, 0.05) is 44.0 Å². The van der Waals surface area contributed by atoms with E-state index in [-0.39, 0.29) is 24.0 Å². The molecule has 0 aliphatic carbocycles. The van der Waals surface area contributed by atoms with E-state index in [1.807, 2.05) is 0 Å². The van der Waals surface area contributed by atoms with E-state index in [1.165, 1.54) is 40.5 Å². The van der Waals surface area contributed by atoms with Crippen LogP contribution in [0.1, 0.15) is 40.1 Å². The largest absolute Gasteiger partial charge is 0.357 e. The summed E-state index contributed by atoms with van der Waals surface area (Å²) in [6.45, 7) is 14.4. The van der Waals surface area contributed by atoms with Crippen LogP contribution in [0.2, 0.25) is 0 Å². The number of aryl methyl sites for hydroxylation is 2. The third-order valence-electron chi connectivity index (χ3n) is 5.71. The molecule has 1 aliphatic rings. The van der Waals surface area contributed by atoms with Gasteiger partial charge in [-0.15, -0.1) is 35.3 Å². The van der Waals surface area contributed by atoms with E-state index in [1.54, 1.807) is 11.3 Å². The van der Waals surface area contributed by atoms with Crippen LogP contribution in [0.3, 0.4) is 0 Å². The number of thiazole rings is 1. The molecule has 178 valence electrons. The first-order valence-electron chi connectivity index (χ1n) is 11.5. The van der Waals surface area contributed by atoms with Crippen molar-refractivity contribution in [2.24, 2.45) is 4.99 Å². The first kappa shape index (κ1) is 27.0. The first-order chi connectivity index (χ1) is 15.0. The zero-order valence-corrected chi connectivity index (χ0v) is 23.1. The molecule has 8 heteroatoms. The normalized spacial score (nSPS) is 15.8. The van der Waals surface area contributed by atoms with Crippen molar-refractivity contribution in [3.05, 3.63) is 51.0 Å². The standard InChI is InChI=1S/C24H38N6S.HI/c1-5-25-24(26-12-11-23-28-19(2)20(3)31-23)27-17-21-7-9-22(10-8-21)18-30-14-6-13-29(4)15-16-30;/h7-10H,5-6,11-18H2,1-4H3,(H2,25,26,27);1H. The van der Waals surface area contributed by atoms with Gasteiger partial charge >= 0.3 is 0 Å². The molecule has 0 spiro atoms. The Morgan fingerprint density at radius 1 is 1.06 bits per heavy atom. The van der Waals surface area contributed by atoms with E-state index < -0.39 is 0 Å². The Kier molecular flexibility index (Phi) is 11.9. The summed E-state index contributed by atoms with van der Waals surface area (Å²) in [4.78, 5) is 15.7. The highest BCUT2D eigenvalue weighted by atomic mass is 127. The molecule has 2 heterocycles. The lowest BCUT2D eigenvalue weighted by Gasteiger charge is -2.20. The number of halogens is 1. The van der Waals surface area contributed by atoms with Gasteiger partial charge in [0.15, 0.2) is 5.96 Å². The van der Waals surface area contributed by atoms with Gasteiger partial charge in [0.2, 0.25) is 0 Å². The van der Waals surface area contributed by atoms with Crippen LogP contribution in [0.25, 0.3) is 0 Å². The minimum absolute atomic E-state index is 0. The van der Waals surface area contributed by atoms with E-state index in [9.17, 15) is 0 Å². The average molecular weight is 571 g/mol. The maximum absolute atomic E-state index is 4.77. The molecule has 2 N–H and O–H groups in total. The van der Waals surface area contributed by atoms with Crippen LogP contribution in [0.4, 0.5) is 0 Å². The predicted octanol–water partition coefficient (Wildman–Crippen LogP) is 3.81. The van der Waals surface area contributed by atoms with Crippen LogP contribution in [0.5, 0.6) is 0 Å². The number of hydrogen-bond acceptors (Lipinski definition) is 5. The van der Waals surface area contributed by atoms with Crippen LogP contribution >= 0.6 is 35.3 Å². The van der Waals surface area contributed by atoms with E-state index in [0.717, 1.165) is 50.8 Å². The molecule has 0 radical (unpaired) electrons. The molecule has 0 amide bonds. The van der Waals surface area contributed by atoms with Crippen molar-refractivity contribution in [3.8, 4) is 0 Å². The number of aliphatic imine (C=N–C) groups is 1. The van der Waals surface area contributed by atoms with Gasteiger partial charge in [-0.05, 0) is 58.5 Å². The number of guanidine groups is 1. The molecular formula is C24H39IN6S. The Labute approximate surface area is 214 Å². The summed E-state index contributed by atoms with van der Waals surface area (Å²) in [5, 5.41) is 7.97. The highest BCUT2D eigenvalue weighted by Gasteiger charge is 2.12. The van der Waals surface area contributed by atoms with Crippen molar-refractivity contribution in [3.63, 3.8) is 0 Å². The SMILES string of the molecule is CCNC(=NCc1ccc(CN2CCCN(C)CC2)cc1)NCCc1nc(C)c(C)s1.I. The zero-order valence-electron chi connectivity index (χ0n) is 20.0. The molecule has 0 saturated carbocycles. The van der Waals surface area contributed by atoms with Crippen LogP contribution < -0.4 is 10.6 Å². The van der Waals surface area contributed by atoms with Gasteiger partial charge in [-0.25, -0.2) is 9.98 Å². The van der Waals surface area contributed by atoms with E-state index in [4.69, 9.17) is 4.99 Å². The van der Waals surface area contributed by atoms with Crippen LogP contribution in [-0.2, 0) is 19.5 Å². The maximum atomic E-state index is 4.77. The fourth-order valence-electron chi connectivity index (χ4n) is 3.71. The Balaban J connectivity index is 0.00000363. The third kappa shape index (κ3) is 8.96. The second-order valence-electron chi connectivity index (χ2n) is 8.37. The van der Waals surface area contributed by atoms with Gasteiger partial charge in [-0.3, -0.25) is 4.90 Å². The van der Waals surface area contributed by atoms with Gasteiger partial charge in [0.25, 0.3) is 0 Å². The van der Waals surface area contributed by atoms with Gasteiger partial charge in [-0.1, -0.05) is 24.3 Å². The lowest BCUT2D eigenvalue weighted by molar-refractivity contribution is 0.269. The summed E-state index contributed by atoms with van der Waals surface area (Å²) in [6, 6.07) is 8.95. The Morgan fingerprint density at radius 3 is 2.50 bits per heavy atom. The van der Waals surface area contributed by atoms with Gasteiger partial charge in [-0.2, -0.15) is 0 Å². The number of aromatic nitrogens is 1. The number of hydrogen-bond donors (Lipinski definition) is 2. The van der Waals surface area contributed by atoms with Gasteiger partial charge < -0.3 is 15.5 Å². The quantitative estimate of drug-likeness (QED) is 0.287. The topological polar surface area (TPSA) is 55.8 Å². The molecular weight excluding hydrogens is 531 g/mol. The summed E-state index contributed by atoms with van der Waals surface area (Å²) in [7, 11) is 2.22. The van der Waals surface area contributed by atoms with Crippen molar-refractivity contribution in [1.82, 2.24) is 25.4 Å². The van der Waals surface area contributed by atoms with Crippen LogP contribution in [0.15, 0.2) is 29.3 Å². The molecule has 1 saturated heterocycles. The molecule has 32 heavy (non-hydrogen) atoms. The van der Waals surface area contributed by atoms with Crippen LogP contribution in [0, 0.1) is 13.8 Å². The van der Waals surface area contributed by atoms with E-state index in [2.05, 4.69) is 77.5 Å². The van der Waals surface area contributed by atoms with Crippen LogP contribution in [-0.4, -0.2) is 67.1 Å². The summed E-state index contributed by atoms with van der Waals surface area (Å²) >= 11 is 1.79. The number of benzene rings is 1. The molecule has 1 aromatic heterocycles. The molecule has 0 unspecified atom stereocenters. The molecule has 6 nitrogen and oxygen atoms in total. The fraction of sp³-hybridized carbons (Fsp3) is 0.583. The number of nitrogens with zero attached hydrogens (tertiary/aromatic N) is 4. The molecule has 0 bridgehead atoms. The minimum atomic E-state index is 0. The predicted molar refractivity (Wildman–Crippen MR) is 147 cm³/mol. The van der Waals surface area contributed by atoms with Crippen molar-refractivity contribution in [2.45, 2.75) is 46.7 Å². The smallest absolute Gasteiger partial charge is 0.191 e. The van der Waals surface area contributed by atoms with E-state index in [0.29, 0.717) is 6.54 Å². The summed E-state index contributed by atoms with van der Waals surface area (Å²) in [5.41, 5.74) is 3.77. The van der Waals surface area contributed by atoms with Crippen molar-refractivity contribution in [1.29, 1.82) is 0 Å². The molecule has 2 aromatic rings. The summed E-state index contributed by atoms with van der Waals surface area (Å²) in [5.74, 6) is 0.866. The number of likely N-dealkylation sites (N-methyl/N-ethyl adjacent to an activating group) is 1. The zero-order chi connectivity index (χ0) is 22.1.